The molecule has 39 heavy (non-hydrogen) atoms. The smallest absolute Gasteiger partial charge is 0.303 e. The second-order valence-electron chi connectivity index (χ2n) is 14.7. The number of halogens is 1. The van der Waals surface area contributed by atoms with E-state index >= 15 is 0 Å². The summed E-state index contributed by atoms with van der Waals surface area (Å²) >= 11 is 0. The van der Waals surface area contributed by atoms with Crippen LogP contribution in [0.5, 0.6) is 0 Å². The highest BCUT2D eigenvalue weighted by molar-refractivity contribution is 5.67. The van der Waals surface area contributed by atoms with Crippen molar-refractivity contribution in [3.05, 3.63) is 12.7 Å². The molecule has 222 valence electrons. The lowest BCUT2D eigenvalue weighted by atomic mass is 9.42. The molecule has 0 aromatic carbocycles. The molecule has 0 aromatic rings. The van der Waals surface area contributed by atoms with Gasteiger partial charge in [0.05, 0.1) is 45.0 Å². The molecule has 4 aliphatic carbocycles. The van der Waals surface area contributed by atoms with Gasteiger partial charge in [0.2, 0.25) is 0 Å². The van der Waals surface area contributed by atoms with Gasteiger partial charge in [-0.05, 0) is 61.9 Å². The highest BCUT2D eigenvalue weighted by Gasteiger charge is 2.70. The van der Waals surface area contributed by atoms with Crippen LogP contribution in [0.4, 0.5) is 0 Å². The zero-order valence-corrected chi connectivity index (χ0v) is 26.3. The van der Waals surface area contributed by atoms with Gasteiger partial charge in [-0.1, -0.05) is 20.4 Å². The van der Waals surface area contributed by atoms with Gasteiger partial charge < -0.3 is 36.0 Å². The number of hydrogen-bond donors (Lipinski definition) is 1. The molecular formula is C32H53BrN2O4. The Morgan fingerprint density at radius 3 is 2.49 bits per heavy atom. The van der Waals surface area contributed by atoms with E-state index in [4.69, 9.17) is 9.47 Å². The number of quaternary nitrogens is 1. The van der Waals surface area contributed by atoms with Crippen LogP contribution in [0, 0.1) is 28.6 Å². The maximum Gasteiger partial charge on any atom is 0.303 e. The van der Waals surface area contributed by atoms with Gasteiger partial charge in [-0.15, -0.1) is 0 Å². The highest BCUT2D eigenvalue weighted by atomic mass is 79.9. The first-order valence-corrected chi connectivity index (χ1v) is 15.8. The largest absolute Gasteiger partial charge is 1.00 e. The maximum absolute atomic E-state index is 12.9. The molecule has 6 fully saturated rings. The normalized spacial score (nSPS) is 47.3. The number of carbonyl (C=O) groups excluding carboxylic acids is 1. The number of rotatable bonds is 5. The molecule has 2 saturated heterocycles. The first kappa shape index (κ1) is 30.0. The number of esters is 1. The summed E-state index contributed by atoms with van der Waals surface area (Å²) < 4.78 is 13.6. The first-order chi connectivity index (χ1) is 18.2. The second-order valence-corrected chi connectivity index (χ2v) is 14.7. The van der Waals surface area contributed by atoms with E-state index in [2.05, 4.69) is 31.4 Å². The summed E-state index contributed by atoms with van der Waals surface area (Å²) in [5, 5.41) is 11.4. The topological polar surface area (TPSA) is 59.0 Å². The van der Waals surface area contributed by atoms with Gasteiger partial charge in [0.25, 0.3) is 0 Å². The molecule has 0 amide bonds. The Bertz CT molecular complexity index is 920. The van der Waals surface area contributed by atoms with E-state index in [9.17, 15) is 9.90 Å². The lowest BCUT2D eigenvalue weighted by molar-refractivity contribution is -0.935. The van der Waals surface area contributed by atoms with E-state index in [-0.39, 0.29) is 40.5 Å². The number of carbonyl (C=O) groups is 1. The van der Waals surface area contributed by atoms with Crippen LogP contribution in [0.2, 0.25) is 0 Å². The predicted molar refractivity (Wildman–Crippen MR) is 148 cm³/mol. The van der Waals surface area contributed by atoms with E-state index in [0.717, 1.165) is 71.4 Å². The minimum atomic E-state index is -0.417. The van der Waals surface area contributed by atoms with Crippen LogP contribution < -0.4 is 17.0 Å². The van der Waals surface area contributed by atoms with Crippen LogP contribution in [-0.2, 0) is 14.3 Å². The van der Waals surface area contributed by atoms with Crippen LogP contribution in [-0.4, -0.2) is 90.2 Å². The van der Waals surface area contributed by atoms with Crippen molar-refractivity contribution in [1.82, 2.24) is 4.90 Å². The quantitative estimate of drug-likeness (QED) is 0.292. The predicted octanol–water partition coefficient (Wildman–Crippen LogP) is 1.56. The van der Waals surface area contributed by atoms with E-state index in [0.29, 0.717) is 29.2 Å². The van der Waals surface area contributed by atoms with E-state index in [1.165, 1.54) is 43.3 Å². The summed E-state index contributed by atoms with van der Waals surface area (Å²) in [6.07, 6.45) is 13.3. The Labute approximate surface area is 247 Å². The summed E-state index contributed by atoms with van der Waals surface area (Å²) in [6.45, 7) is 17.8. The standard InChI is InChI=1S/C32H53N2O4.BrH/c1-5-14-34(15-6-7-16-34)25-20-27-26-9-8-24-19-29(36)28(33-12-17-37-18-13-33)22-31(24,4)32(26,38-23(2)35)11-10-30(27,3)21-25;/h5,24-29,36H,1,6-22H2,2-4H3;1H/q+1;/p-1/t24?,25?,26?,27?,28?,29?,30-,31+,32?;/m1./s1. The van der Waals surface area contributed by atoms with Gasteiger partial charge in [0, 0.05) is 63.1 Å². The van der Waals surface area contributed by atoms with Crippen LogP contribution in [0.3, 0.4) is 0 Å². The number of aliphatic hydroxyl groups excluding tert-OH is 1. The summed E-state index contributed by atoms with van der Waals surface area (Å²) in [5.41, 5.74) is -0.195. The molecule has 1 N–H and O–H groups in total. The lowest BCUT2D eigenvalue weighted by Gasteiger charge is -2.67. The molecule has 6 nitrogen and oxygen atoms in total. The van der Waals surface area contributed by atoms with E-state index in [1.54, 1.807) is 6.92 Å². The van der Waals surface area contributed by atoms with Gasteiger partial charge in [0.1, 0.15) is 5.60 Å². The van der Waals surface area contributed by atoms with Crippen molar-refractivity contribution in [2.24, 2.45) is 28.6 Å². The fraction of sp³-hybridized carbons (Fsp3) is 0.906. The second kappa shape index (κ2) is 11.0. The highest BCUT2D eigenvalue weighted by Crippen LogP contribution is 2.70. The van der Waals surface area contributed by atoms with E-state index < -0.39 is 5.60 Å². The molecule has 4 saturated carbocycles. The minimum Gasteiger partial charge on any atom is -1.00 e. The van der Waals surface area contributed by atoms with Crippen molar-refractivity contribution >= 4 is 5.97 Å². The fourth-order valence-electron chi connectivity index (χ4n) is 11.3. The van der Waals surface area contributed by atoms with Gasteiger partial charge in [-0.2, -0.15) is 0 Å². The first-order valence-electron chi connectivity index (χ1n) is 15.8. The van der Waals surface area contributed by atoms with Crippen molar-refractivity contribution in [2.75, 3.05) is 45.9 Å². The number of fused-ring (bicyclic) bond motifs is 5. The molecule has 9 atom stereocenters. The van der Waals surface area contributed by atoms with Crippen molar-refractivity contribution in [3.8, 4) is 0 Å². The molecule has 0 spiro atoms. The Balaban J connectivity index is 0.00000308. The van der Waals surface area contributed by atoms with Crippen molar-refractivity contribution in [1.29, 1.82) is 0 Å². The van der Waals surface area contributed by atoms with E-state index in [1.807, 2.05) is 0 Å². The molecule has 6 rings (SSSR count). The van der Waals surface area contributed by atoms with Gasteiger partial charge in [-0.3, -0.25) is 9.69 Å². The molecule has 2 heterocycles. The Morgan fingerprint density at radius 2 is 1.82 bits per heavy atom. The van der Waals surface area contributed by atoms with Crippen molar-refractivity contribution < 1.29 is 40.8 Å². The molecule has 0 radical (unpaired) electrons. The zero-order valence-electron chi connectivity index (χ0n) is 24.7. The molecule has 2 aliphatic heterocycles. The number of morpholine rings is 1. The lowest BCUT2D eigenvalue weighted by Crippen LogP contribution is -3.00. The number of nitrogens with zero attached hydrogens (tertiary/aromatic N) is 2. The summed E-state index contributed by atoms with van der Waals surface area (Å²) in [7, 11) is 0. The van der Waals surface area contributed by atoms with Gasteiger partial charge >= 0.3 is 5.97 Å². The summed E-state index contributed by atoms with van der Waals surface area (Å²) in [5.74, 6) is 1.32. The molecule has 6 aliphatic rings. The monoisotopic (exact) mass is 608 g/mol. The Morgan fingerprint density at radius 1 is 1.10 bits per heavy atom. The van der Waals surface area contributed by atoms with Crippen LogP contribution in [0.1, 0.15) is 85.0 Å². The zero-order chi connectivity index (χ0) is 26.8. The molecular weight excluding hydrogens is 556 g/mol. The third-order valence-corrected chi connectivity index (χ3v) is 13.1. The maximum atomic E-state index is 12.9. The fourth-order valence-corrected chi connectivity index (χ4v) is 11.3. The van der Waals surface area contributed by atoms with Crippen molar-refractivity contribution in [3.63, 3.8) is 0 Å². The molecule has 0 aromatic heterocycles. The molecule has 0 bridgehead atoms. The van der Waals surface area contributed by atoms with Crippen LogP contribution in [0.15, 0.2) is 12.7 Å². The van der Waals surface area contributed by atoms with Crippen LogP contribution >= 0.6 is 0 Å². The average molecular weight is 610 g/mol. The third kappa shape index (κ3) is 4.69. The van der Waals surface area contributed by atoms with Gasteiger partial charge in [0.15, 0.2) is 0 Å². The Hall–Kier alpha value is -0.470. The number of likely N-dealkylation sites (tertiary alicyclic amines) is 1. The summed E-state index contributed by atoms with van der Waals surface area (Å²) in [4.78, 5) is 15.4. The minimum absolute atomic E-state index is 0. The van der Waals surface area contributed by atoms with Crippen LogP contribution in [0.25, 0.3) is 0 Å². The summed E-state index contributed by atoms with van der Waals surface area (Å²) in [6, 6.07) is 0.834. The number of ether oxygens (including phenoxy) is 2. The molecule has 7 heteroatoms. The van der Waals surface area contributed by atoms with Crippen molar-refractivity contribution in [2.45, 2.75) is 109 Å². The van der Waals surface area contributed by atoms with Gasteiger partial charge in [-0.25, -0.2) is 0 Å². The molecule has 7 unspecified atom stereocenters. The number of aliphatic hydroxyl groups is 1. The SMILES string of the molecule is C=CC[N+]1(C2CC3C4CCC5CC(O)C(N6CCOCC6)C[C@]5(C)C4(OC(C)=O)CC[C@]3(C)C2)CCCC1.[Br-]. The average Bonchev–Trinajstić information content (AvgIpc) is 3.50. The third-order valence-electron chi connectivity index (χ3n) is 13.1. The Kier molecular flexibility index (Phi) is 8.45. The number of hydrogen-bond acceptors (Lipinski definition) is 5.